The van der Waals surface area contributed by atoms with E-state index in [0.29, 0.717) is 16.8 Å². The average molecular weight is 380 g/mol. The molecule has 7 heteroatoms. The maximum atomic E-state index is 13.7. The van der Waals surface area contributed by atoms with Gasteiger partial charge in [-0.05, 0) is 30.7 Å². The third-order valence-corrected chi connectivity index (χ3v) is 4.45. The number of aryl methyl sites for hydroxylation is 1. The van der Waals surface area contributed by atoms with Crippen molar-refractivity contribution in [2.75, 3.05) is 7.11 Å². The highest BCUT2D eigenvalue weighted by molar-refractivity contribution is 5.98. The minimum atomic E-state index is -0.564. The second-order valence-corrected chi connectivity index (χ2v) is 6.28. The van der Waals surface area contributed by atoms with Gasteiger partial charge in [0, 0.05) is 12.5 Å². The number of methoxy groups -OCH3 is 1. The van der Waals surface area contributed by atoms with E-state index in [-0.39, 0.29) is 24.6 Å². The van der Waals surface area contributed by atoms with Crippen molar-refractivity contribution in [3.63, 3.8) is 0 Å². The maximum absolute atomic E-state index is 13.7. The van der Waals surface area contributed by atoms with Crippen LogP contribution in [0.25, 0.3) is 22.0 Å². The maximum Gasteiger partial charge on any atom is 0.340 e. The number of hydrogen-bond acceptors (Lipinski definition) is 6. The van der Waals surface area contributed by atoms with Crippen LogP contribution in [0.15, 0.2) is 46.9 Å². The van der Waals surface area contributed by atoms with Gasteiger partial charge in [0.05, 0.1) is 23.4 Å². The van der Waals surface area contributed by atoms with Crippen LogP contribution in [0.1, 0.15) is 27.5 Å². The highest BCUT2D eigenvalue weighted by Gasteiger charge is 2.21. The van der Waals surface area contributed by atoms with Gasteiger partial charge < -0.3 is 13.9 Å². The Bertz CT molecular complexity index is 1190. The predicted molar refractivity (Wildman–Crippen MR) is 100 cm³/mol. The number of nitrogens with zero attached hydrogens (tertiary/aromatic N) is 2. The Morgan fingerprint density at radius 3 is 2.71 bits per heavy atom. The van der Waals surface area contributed by atoms with E-state index in [4.69, 9.17) is 13.9 Å². The molecule has 6 nitrogen and oxygen atoms in total. The number of ether oxygens (including phenoxy) is 2. The number of benzene rings is 2. The van der Waals surface area contributed by atoms with Crippen LogP contribution in [-0.4, -0.2) is 23.0 Å². The second kappa shape index (κ2) is 7.36. The van der Waals surface area contributed by atoms with Crippen LogP contribution in [0.3, 0.4) is 0 Å². The zero-order chi connectivity index (χ0) is 19.7. The third kappa shape index (κ3) is 3.20. The van der Waals surface area contributed by atoms with Gasteiger partial charge in [-0.3, -0.25) is 0 Å². The Labute approximate surface area is 159 Å². The molecule has 2 heterocycles. The first-order valence-electron chi connectivity index (χ1n) is 8.66. The summed E-state index contributed by atoms with van der Waals surface area (Å²) >= 11 is 0. The third-order valence-electron chi connectivity index (χ3n) is 4.45. The summed E-state index contributed by atoms with van der Waals surface area (Å²) in [7, 11) is 1.54. The molecule has 142 valence electrons. The van der Waals surface area contributed by atoms with Gasteiger partial charge >= 0.3 is 5.97 Å². The summed E-state index contributed by atoms with van der Waals surface area (Å²) in [6, 6.07) is 12.0. The highest BCUT2D eigenvalue weighted by Crippen LogP contribution is 2.25. The molecule has 0 N–H and O–H groups in total. The zero-order valence-corrected chi connectivity index (χ0v) is 15.4. The first kappa shape index (κ1) is 18.1. The minimum Gasteiger partial charge on any atom is -0.452 e. The lowest BCUT2D eigenvalue weighted by Crippen LogP contribution is -2.13. The van der Waals surface area contributed by atoms with Crippen LogP contribution >= 0.6 is 0 Å². The Morgan fingerprint density at radius 2 is 1.93 bits per heavy atom. The summed E-state index contributed by atoms with van der Waals surface area (Å²) in [5.41, 5.74) is 2.78. The molecule has 4 aromatic rings. The Kier molecular flexibility index (Phi) is 4.75. The number of esters is 1. The molecule has 0 atom stereocenters. The molecule has 4 rings (SSSR count). The number of oxazole rings is 1. The number of para-hydroxylation sites is 2. The second-order valence-electron chi connectivity index (χ2n) is 6.28. The minimum absolute atomic E-state index is 0.108. The average Bonchev–Trinajstić information content (AvgIpc) is 3.11. The van der Waals surface area contributed by atoms with Gasteiger partial charge in [0.1, 0.15) is 5.52 Å². The molecule has 0 unspecified atom stereocenters. The number of aromatic nitrogens is 2. The fourth-order valence-corrected chi connectivity index (χ4v) is 3.17. The van der Waals surface area contributed by atoms with Gasteiger partial charge in [0.15, 0.2) is 18.0 Å². The van der Waals surface area contributed by atoms with E-state index in [0.717, 1.165) is 16.5 Å². The van der Waals surface area contributed by atoms with Gasteiger partial charge in [-0.25, -0.2) is 19.2 Å². The molecule has 0 spiro atoms. The summed E-state index contributed by atoms with van der Waals surface area (Å²) < 4.78 is 29.8. The number of rotatable bonds is 5. The quantitative estimate of drug-likeness (QED) is 0.480. The fourth-order valence-electron chi connectivity index (χ4n) is 3.17. The van der Waals surface area contributed by atoms with Crippen molar-refractivity contribution < 1.29 is 23.1 Å². The SMILES string of the molecule is COCc1nc2ccccc2c(C)c1C(=O)OCc1nc2c(F)cccc2o1. The summed E-state index contributed by atoms with van der Waals surface area (Å²) in [4.78, 5) is 21.4. The van der Waals surface area contributed by atoms with Gasteiger partial charge in [0.2, 0.25) is 5.89 Å². The normalized spacial score (nSPS) is 11.2. The number of pyridine rings is 1. The van der Waals surface area contributed by atoms with Crippen molar-refractivity contribution in [3.05, 3.63) is 71.0 Å². The summed E-state index contributed by atoms with van der Waals surface area (Å²) in [5.74, 6) is -0.936. The van der Waals surface area contributed by atoms with Gasteiger partial charge in [0.25, 0.3) is 0 Å². The number of carbonyl (C=O) groups excluding carboxylic acids is 1. The summed E-state index contributed by atoms with van der Waals surface area (Å²) in [6.07, 6.45) is 0. The van der Waals surface area contributed by atoms with Crippen LogP contribution < -0.4 is 0 Å². The summed E-state index contributed by atoms with van der Waals surface area (Å²) in [6.45, 7) is 1.80. The van der Waals surface area contributed by atoms with Crippen LogP contribution in [-0.2, 0) is 22.7 Å². The van der Waals surface area contributed by atoms with Crippen molar-refractivity contribution >= 4 is 28.0 Å². The lowest BCUT2D eigenvalue weighted by molar-refractivity contribution is 0.0434. The molecule has 0 amide bonds. The standard InChI is InChI=1S/C21H17FN2O4/c1-12-13-6-3-4-8-15(13)23-16(10-26-2)19(12)21(25)27-11-18-24-20-14(22)7-5-9-17(20)28-18/h3-9H,10-11H2,1-2H3. The fraction of sp³-hybridized carbons (Fsp3) is 0.190. The highest BCUT2D eigenvalue weighted by atomic mass is 19.1. The van der Waals surface area contributed by atoms with Gasteiger partial charge in [-0.2, -0.15) is 0 Å². The van der Waals surface area contributed by atoms with Crippen LogP contribution in [0.5, 0.6) is 0 Å². The molecule has 0 saturated heterocycles. The Hall–Kier alpha value is -3.32. The van der Waals surface area contributed by atoms with Crippen molar-refractivity contribution in [2.45, 2.75) is 20.1 Å². The van der Waals surface area contributed by atoms with Crippen LogP contribution in [0.2, 0.25) is 0 Å². The van der Waals surface area contributed by atoms with Crippen LogP contribution in [0.4, 0.5) is 4.39 Å². The van der Waals surface area contributed by atoms with Crippen molar-refractivity contribution in [3.8, 4) is 0 Å². The number of hydrogen-bond donors (Lipinski definition) is 0. The molecule has 0 fully saturated rings. The smallest absolute Gasteiger partial charge is 0.340 e. The van der Waals surface area contributed by atoms with E-state index >= 15 is 0 Å². The summed E-state index contributed by atoms with van der Waals surface area (Å²) in [5, 5.41) is 0.859. The lowest BCUT2D eigenvalue weighted by Gasteiger charge is -2.13. The van der Waals surface area contributed by atoms with E-state index < -0.39 is 11.8 Å². The molecular weight excluding hydrogens is 363 g/mol. The Morgan fingerprint density at radius 1 is 1.11 bits per heavy atom. The monoisotopic (exact) mass is 380 g/mol. The topological polar surface area (TPSA) is 74.5 Å². The largest absolute Gasteiger partial charge is 0.452 e. The molecule has 0 bridgehead atoms. The van der Waals surface area contributed by atoms with E-state index in [2.05, 4.69) is 9.97 Å². The number of carbonyl (C=O) groups is 1. The van der Waals surface area contributed by atoms with Crippen molar-refractivity contribution in [2.24, 2.45) is 0 Å². The van der Waals surface area contributed by atoms with Gasteiger partial charge in [-0.1, -0.05) is 24.3 Å². The van der Waals surface area contributed by atoms with E-state index in [1.165, 1.54) is 19.2 Å². The zero-order valence-electron chi connectivity index (χ0n) is 15.4. The molecule has 0 aliphatic carbocycles. The number of halogens is 1. The molecule has 0 saturated carbocycles. The predicted octanol–water partition coefficient (Wildman–Crippen LogP) is 4.33. The number of fused-ring (bicyclic) bond motifs is 2. The van der Waals surface area contributed by atoms with E-state index in [9.17, 15) is 9.18 Å². The molecule has 0 radical (unpaired) electrons. The molecule has 0 aliphatic heterocycles. The first-order chi connectivity index (χ1) is 13.6. The molecule has 28 heavy (non-hydrogen) atoms. The molecule has 0 aliphatic rings. The first-order valence-corrected chi connectivity index (χ1v) is 8.66. The van der Waals surface area contributed by atoms with E-state index in [1.807, 2.05) is 31.2 Å². The van der Waals surface area contributed by atoms with Crippen molar-refractivity contribution in [1.29, 1.82) is 0 Å². The van der Waals surface area contributed by atoms with Crippen LogP contribution in [0, 0.1) is 12.7 Å². The van der Waals surface area contributed by atoms with E-state index in [1.54, 1.807) is 6.07 Å². The van der Waals surface area contributed by atoms with Gasteiger partial charge in [-0.15, -0.1) is 0 Å². The molecule has 2 aromatic heterocycles. The lowest BCUT2D eigenvalue weighted by atomic mass is 10.0. The Balaban J connectivity index is 1.65. The molecule has 2 aromatic carbocycles. The van der Waals surface area contributed by atoms with Crippen molar-refractivity contribution in [1.82, 2.24) is 9.97 Å². The molecular formula is C21H17FN2O4.